The first-order valence-corrected chi connectivity index (χ1v) is 11.5. The zero-order valence-electron chi connectivity index (χ0n) is 17.6. The van der Waals surface area contributed by atoms with Gasteiger partial charge in [0, 0.05) is 16.6 Å². The lowest BCUT2D eigenvalue weighted by Gasteiger charge is -2.17. The highest BCUT2D eigenvalue weighted by molar-refractivity contribution is 7.99. The first kappa shape index (κ1) is 21.0. The molecule has 164 valence electrons. The van der Waals surface area contributed by atoms with Crippen molar-refractivity contribution in [1.82, 2.24) is 9.55 Å². The number of benzene rings is 3. The van der Waals surface area contributed by atoms with Crippen LogP contribution in [0.5, 0.6) is 5.88 Å². The van der Waals surface area contributed by atoms with Crippen molar-refractivity contribution in [3.8, 4) is 5.88 Å². The maximum absolute atomic E-state index is 12.9. The molecule has 5 rings (SSSR count). The number of para-hydroxylation sites is 1. The van der Waals surface area contributed by atoms with Gasteiger partial charge in [-0.05, 0) is 23.3 Å². The Morgan fingerprint density at radius 1 is 0.939 bits per heavy atom. The van der Waals surface area contributed by atoms with Crippen LogP contribution in [0.2, 0.25) is 0 Å². The van der Waals surface area contributed by atoms with E-state index in [4.69, 9.17) is 4.99 Å². The smallest absolute Gasteiger partial charge is 0.331 e. The number of rotatable bonds is 4. The third-order valence-electron chi connectivity index (χ3n) is 5.58. The highest BCUT2D eigenvalue weighted by atomic mass is 32.2. The number of nitrogens with zero attached hydrogens (tertiary/aromatic N) is 2. The van der Waals surface area contributed by atoms with Crippen molar-refractivity contribution in [2.75, 3.05) is 0 Å². The summed E-state index contributed by atoms with van der Waals surface area (Å²) in [7, 11) is 0. The van der Waals surface area contributed by atoms with Crippen molar-refractivity contribution < 1.29 is 5.11 Å². The Kier molecular flexibility index (Phi) is 5.71. The van der Waals surface area contributed by atoms with E-state index in [0.717, 1.165) is 21.7 Å². The molecule has 1 atom stereocenters. The Morgan fingerprint density at radius 3 is 2.36 bits per heavy atom. The Balaban J connectivity index is 1.65. The molecule has 6 nitrogen and oxygen atoms in total. The van der Waals surface area contributed by atoms with E-state index in [-0.39, 0.29) is 23.2 Å². The van der Waals surface area contributed by atoms with Gasteiger partial charge in [0.15, 0.2) is 0 Å². The van der Waals surface area contributed by atoms with Gasteiger partial charge < -0.3 is 5.11 Å². The maximum atomic E-state index is 12.9. The van der Waals surface area contributed by atoms with E-state index >= 15 is 0 Å². The van der Waals surface area contributed by atoms with Crippen molar-refractivity contribution in [2.24, 2.45) is 4.99 Å². The fourth-order valence-electron chi connectivity index (χ4n) is 3.95. The number of aliphatic imine (C=N–C) groups is 1. The van der Waals surface area contributed by atoms with E-state index in [1.165, 1.54) is 4.57 Å². The van der Waals surface area contributed by atoms with Gasteiger partial charge in [0.05, 0.1) is 17.9 Å². The summed E-state index contributed by atoms with van der Waals surface area (Å²) in [5, 5.41) is 11.1. The highest BCUT2D eigenvalue weighted by Gasteiger charge is 2.27. The average molecular weight is 456 g/mol. The molecule has 1 aliphatic rings. The molecule has 0 aliphatic carbocycles. The second kappa shape index (κ2) is 8.96. The Labute approximate surface area is 194 Å². The quantitative estimate of drug-likeness (QED) is 0.469. The molecular weight excluding hydrogens is 434 g/mol. The summed E-state index contributed by atoms with van der Waals surface area (Å²) in [5.74, 6) is -0.373. The molecule has 1 aromatic heterocycles. The molecular formula is C26H21N3O3S. The van der Waals surface area contributed by atoms with E-state index < -0.39 is 11.2 Å². The summed E-state index contributed by atoms with van der Waals surface area (Å²) >= 11 is 1.67. The summed E-state index contributed by atoms with van der Waals surface area (Å²) in [5.41, 5.74) is 1.84. The van der Waals surface area contributed by atoms with Gasteiger partial charge in [0.2, 0.25) is 5.88 Å². The van der Waals surface area contributed by atoms with E-state index in [2.05, 4.69) is 4.98 Å². The van der Waals surface area contributed by atoms with Crippen LogP contribution in [0.1, 0.15) is 28.4 Å². The number of hydrogen-bond acceptors (Lipinski definition) is 5. The van der Waals surface area contributed by atoms with E-state index in [9.17, 15) is 14.7 Å². The Bertz CT molecular complexity index is 1440. The molecule has 1 aliphatic heterocycles. The van der Waals surface area contributed by atoms with Crippen molar-refractivity contribution in [2.45, 2.75) is 23.1 Å². The number of aromatic hydroxyl groups is 1. The minimum atomic E-state index is -0.659. The molecule has 0 unspecified atom stereocenters. The number of thioether (sulfide) groups is 1. The number of aromatic amines is 1. The second-order valence-electron chi connectivity index (χ2n) is 7.78. The monoisotopic (exact) mass is 455 g/mol. The Hall–Kier alpha value is -3.84. The van der Waals surface area contributed by atoms with Crippen LogP contribution in [0.4, 0.5) is 5.69 Å². The SMILES string of the molecule is O=c1[nH]c(=O)n(Cc2ccccc2)c(O)c1C1=Nc2ccccc2S[C@H](c2ccccc2)C1. The average Bonchev–Trinajstić information content (AvgIpc) is 3.02. The van der Waals surface area contributed by atoms with E-state index in [1.54, 1.807) is 11.8 Å². The summed E-state index contributed by atoms with van der Waals surface area (Å²) < 4.78 is 1.18. The summed E-state index contributed by atoms with van der Waals surface area (Å²) in [6, 6.07) is 27.1. The standard InChI is InChI=1S/C26H21N3O3S/c30-24-23(25(31)29(26(32)28-24)16-17-9-3-1-4-10-17)20-15-22(18-11-5-2-6-12-18)33-21-14-8-7-13-19(21)27-20/h1-14,22,31H,15-16H2,(H,28,30,32)/t22-/m0/s1. The second-order valence-corrected chi connectivity index (χ2v) is 9.02. The predicted molar refractivity (Wildman–Crippen MR) is 131 cm³/mol. The first-order valence-electron chi connectivity index (χ1n) is 10.6. The highest BCUT2D eigenvalue weighted by Crippen LogP contribution is 2.45. The first-order chi connectivity index (χ1) is 16.1. The molecule has 3 aromatic carbocycles. The number of nitrogens with one attached hydrogen (secondary N) is 1. The van der Waals surface area contributed by atoms with Crippen LogP contribution in [0.25, 0.3) is 0 Å². The number of aromatic nitrogens is 2. The van der Waals surface area contributed by atoms with Gasteiger partial charge in [-0.3, -0.25) is 19.3 Å². The summed E-state index contributed by atoms with van der Waals surface area (Å²) in [6.45, 7) is 0.135. The van der Waals surface area contributed by atoms with Gasteiger partial charge >= 0.3 is 5.69 Å². The molecule has 7 heteroatoms. The molecule has 0 saturated heterocycles. The largest absolute Gasteiger partial charge is 0.494 e. The van der Waals surface area contributed by atoms with Crippen molar-refractivity contribution in [3.63, 3.8) is 0 Å². The van der Waals surface area contributed by atoms with Crippen LogP contribution in [0.15, 0.2) is 104 Å². The Morgan fingerprint density at radius 2 is 1.61 bits per heavy atom. The molecule has 0 saturated carbocycles. The molecule has 0 fully saturated rings. The minimum Gasteiger partial charge on any atom is -0.494 e. The molecule has 0 radical (unpaired) electrons. The molecule has 2 N–H and O–H groups in total. The minimum absolute atomic E-state index is 0.0121. The van der Waals surface area contributed by atoms with Crippen LogP contribution in [-0.2, 0) is 6.54 Å². The van der Waals surface area contributed by atoms with Gasteiger partial charge in [0.1, 0.15) is 5.56 Å². The van der Waals surface area contributed by atoms with Crippen LogP contribution >= 0.6 is 11.8 Å². The van der Waals surface area contributed by atoms with Crippen molar-refractivity contribution in [3.05, 3.63) is 122 Å². The van der Waals surface area contributed by atoms with Crippen molar-refractivity contribution in [1.29, 1.82) is 0 Å². The van der Waals surface area contributed by atoms with Gasteiger partial charge in [-0.1, -0.05) is 72.8 Å². The number of fused-ring (bicyclic) bond motifs is 1. The number of H-pyrrole nitrogens is 1. The summed E-state index contributed by atoms with van der Waals surface area (Å²) in [6.07, 6.45) is 0.420. The van der Waals surface area contributed by atoms with E-state index in [0.29, 0.717) is 12.1 Å². The van der Waals surface area contributed by atoms with Gasteiger partial charge in [-0.2, -0.15) is 0 Å². The van der Waals surface area contributed by atoms with Crippen LogP contribution in [0, 0.1) is 0 Å². The van der Waals surface area contributed by atoms with Gasteiger partial charge in [-0.15, -0.1) is 11.8 Å². The number of hydrogen-bond donors (Lipinski definition) is 2. The third-order valence-corrected chi connectivity index (χ3v) is 6.91. The van der Waals surface area contributed by atoms with Crippen LogP contribution < -0.4 is 11.2 Å². The molecule has 4 aromatic rings. The van der Waals surface area contributed by atoms with Crippen LogP contribution in [0.3, 0.4) is 0 Å². The lowest BCUT2D eigenvalue weighted by molar-refractivity contribution is 0.408. The zero-order chi connectivity index (χ0) is 22.8. The predicted octanol–water partition coefficient (Wildman–Crippen LogP) is 4.65. The maximum Gasteiger partial charge on any atom is 0.331 e. The molecule has 0 bridgehead atoms. The lowest BCUT2D eigenvalue weighted by atomic mass is 10.0. The van der Waals surface area contributed by atoms with Crippen LogP contribution in [-0.4, -0.2) is 20.4 Å². The zero-order valence-corrected chi connectivity index (χ0v) is 18.5. The molecule has 0 spiro atoms. The lowest BCUT2D eigenvalue weighted by Crippen LogP contribution is -2.34. The summed E-state index contributed by atoms with van der Waals surface area (Å²) in [4.78, 5) is 33.6. The molecule has 0 amide bonds. The van der Waals surface area contributed by atoms with Crippen molar-refractivity contribution >= 4 is 23.2 Å². The molecule has 2 heterocycles. The van der Waals surface area contributed by atoms with Gasteiger partial charge in [-0.25, -0.2) is 4.79 Å². The third kappa shape index (κ3) is 4.27. The topological polar surface area (TPSA) is 87.5 Å². The molecule has 33 heavy (non-hydrogen) atoms. The fraction of sp³-hybridized carbons (Fsp3) is 0.115. The van der Waals surface area contributed by atoms with E-state index in [1.807, 2.05) is 84.9 Å². The van der Waals surface area contributed by atoms with Gasteiger partial charge in [0.25, 0.3) is 5.56 Å². The normalized spacial score (nSPS) is 15.4. The fourth-order valence-corrected chi connectivity index (χ4v) is 5.19.